The molecule has 0 aromatic rings. The van der Waals surface area contributed by atoms with Gasteiger partial charge in [-0.3, -0.25) is 0 Å². The van der Waals surface area contributed by atoms with E-state index < -0.39 is 12.2 Å². The fourth-order valence-corrected chi connectivity index (χ4v) is 0.659. The molecule has 0 amide bonds. The second-order valence-corrected chi connectivity index (χ2v) is 2.72. The minimum atomic E-state index is -0.449. The van der Waals surface area contributed by atoms with Crippen molar-refractivity contribution in [2.24, 2.45) is 0 Å². The maximum atomic E-state index is 9.07. The van der Waals surface area contributed by atoms with Gasteiger partial charge in [0, 0.05) is 0 Å². The van der Waals surface area contributed by atoms with Crippen LogP contribution >= 0.6 is 0 Å². The van der Waals surface area contributed by atoms with Crippen molar-refractivity contribution in [1.82, 2.24) is 0 Å². The predicted molar refractivity (Wildman–Crippen MR) is 41.7 cm³/mol. The van der Waals surface area contributed by atoms with E-state index in [0.29, 0.717) is 0 Å². The van der Waals surface area contributed by atoms with E-state index in [1.54, 1.807) is 13.8 Å². The van der Waals surface area contributed by atoms with Crippen molar-refractivity contribution in [2.45, 2.75) is 39.9 Å². The Labute approximate surface area is 62.2 Å². The normalized spacial score (nSPS) is 19.8. The lowest BCUT2D eigenvalue weighted by atomic mass is 10.0. The Morgan fingerprint density at radius 2 is 1.10 bits per heavy atom. The topological polar surface area (TPSA) is 40.5 Å². The molecule has 0 aliphatic carbocycles. The highest BCUT2D eigenvalue weighted by atomic mass is 16.3. The van der Waals surface area contributed by atoms with E-state index >= 15 is 0 Å². The molecule has 0 aliphatic rings. The average molecular weight is 144 g/mol. The first kappa shape index (κ1) is 9.66. The van der Waals surface area contributed by atoms with Gasteiger partial charge in [-0.2, -0.15) is 0 Å². The summed E-state index contributed by atoms with van der Waals surface area (Å²) in [5.41, 5.74) is 1.71. The van der Waals surface area contributed by atoms with Crippen molar-refractivity contribution in [3.05, 3.63) is 11.1 Å². The molecule has 0 rings (SSSR count). The standard InChI is InChI=1S/C8H16O2/c1-5(7(3)9)6(2)8(4)10/h7-10H,1-4H3. The van der Waals surface area contributed by atoms with Gasteiger partial charge >= 0.3 is 0 Å². The van der Waals surface area contributed by atoms with E-state index in [-0.39, 0.29) is 0 Å². The summed E-state index contributed by atoms with van der Waals surface area (Å²) in [6, 6.07) is 0. The van der Waals surface area contributed by atoms with Gasteiger partial charge in [0.1, 0.15) is 0 Å². The molecular weight excluding hydrogens is 128 g/mol. The quantitative estimate of drug-likeness (QED) is 0.569. The second kappa shape index (κ2) is 3.74. The van der Waals surface area contributed by atoms with Gasteiger partial charge < -0.3 is 10.2 Å². The summed E-state index contributed by atoms with van der Waals surface area (Å²) in [6.07, 6.45) is -0.899. The van der Waals surface area contributed by atoms with Crippen LogP contribution in [0.25, 0.3) is 0 Å². The summed E-state index contributed by atoms with van der Waals surface area (Å²) in [6.45, 7) is 7.04. The molecule has 0 fully saturated rings. The minimum absolute atomic E-state index is 0.449. The zero-order valence-corrected chi connectivity index (χ0v) is 7.05. The van der Waals surface area contributed by atoms with E-state index in [1.165, 1.54) is 0 Å². The van der Waals surface area contributed by atoms with Crippen molar-refractivity contribution in [1.29, 1.82) is 0 Å². The fraction of sp³-hybridized carbons (Fsp3) is 0.750. The van der Waals surface area contributed by atoms with Gasteiger partial charge in [-0.25, -0.2) is 0 Å². The van der Waals surface area contributed by atoms with Gasteiger partial charge in [-0.15, -0.1) is 0 Å². The van der Waals surface area contributed by atoms with Crippen LogP contribution in [0.3, 0.4) is 0 Å². The molecule has 2 unspecified atom stereocenters. The van der Waals surface area contributed by atoms with Crippen LogP contribution in [0.15, 0.2) is 11.1 Å². The summed E-state index contributed by atoms with van der Waals surface area (Å²) in [5, 5.41) is 18.1. The van der Waals surface area contributed by atoms with Crippen LogP contribution in [-0.2, 0) is 0 Å². The Bertz CT molecular complexity index is 118. The van der Waals surface area contributed by atoms with Crippen LogP contribution in [0.1, 0.15) is 27.7 Å². The lowest BCUT2D eigenvalue weighted by Crippen LogP contribution is -2.10. The lowest BCUT2D eigenvalue weighted by Gasteiger charge is -2.12. The number of hydrogen-bond acceptors (Lipinski definition) is 2. The highest BCUT2D eigenvalue weighted by Crippen LogP contribution is 2.11. The molecule has 0 saturated carbocycles. The molecule has 2 heteroatoms. The number of rotatable bonds is 2. The molecule has 0 saturated heterocycles. The summed E-state index contributed by atoms with van der Waals surface area (Å²) in [4.78, 5) is 0. The molecule has 10 heavy (non-hydrogen) atoms. The van der Waals surface area contributed by atoms with Crippen molar-refractivity contribution in [2.75, 3.05) is 0 Å². The summed E-state index contributed by atoms with van der Waals surface area (Å²) in [5.74, 6) is 0. The van der Waals surface area contributed by atoms with Crippen LogP contribution in [0, 0.1) is 0 Å². The molecule has 0 aliphatic heterocycles. The van der Waals surface area contributed by atoms with E-state index in [4.69, 9.17) is 10.2 Å². The van der Waals surface area contributed by atoms with Crippen molar-refractivity contribution >= 4 is 0 Å². The number of aliphatic hydroxyl groups is 2. The van der Waals surface area contributed by atoms with E-state index in [1.807, 2.05) is 13.8 Å². The van der Waals surface area contributed by atoms with E-state index in [9.17, 15) is 0 Å². The third-order valence-electron chi connectivity index (χ3n) is 1.88. The average Bonchev–Trinajstić information content (AvgIpc) is 1.84. The summed E-state index contributed by atoms with van der Waals surface area (Å²) in [7, 11) is 0. The third-order valence-corrected chi connectivity index (χ3v) is 1.88. The van der Waals surface area contributed by atoms with Gasteiger partial charge in [-0.05, 0) is 38.8 Å². The Morgan fingerprint density at radius 1 is 0.900 bits per heavy atom. The van der Waals surface area contributed by atoms with Crippen LogP contribution in [0.2, 0.25) is 0 Å². The third kappa shape index (κ3) is 2.50. The Balaban J connectivity index is 4.34. The van der Waals surface area contributed by atoms with Crippen molar-refractivity contribution in [3.8, 4) is 0 Å². The maximum Gasteiger partial charge on any atom is 0.0722 e. The minimum Gasteiger partial charge on any atom is -0.389 e. The molecule has 2 nitrogen and oxygen atoms in total. The first-order valence-corrected chi connectivity index (χ1v) is 3.50. The fourth-order valence-electron chi connectivity index (χ4n) is 0.659. The molecule has 0 heterocycles. The molecular formula is C8H16O2. The zero-order valence-electron chi connectivity index (χ0n) is 7.05. The van der Waals surface area contributed by atoms with E-state index in [2.05, 4.69) is 0 Å². The first-order chi connectivity index (χ1) is 4.46. The number of hydrogen-bond donors (Lipinski definition) is 2. The van der Waals surface area contributed by atoms with Gasteiger partial charge in [0.15, 0.2) is 0 Å². The molecule has 0 aromatic carbocycles. The van der Waals surface area contributed by atoms with Crippen LogP contribution in [0.5, 0.6) is 0 Å². The van der Waals surface area contributed by atoms with Gasteiger partial charge in [-0.1, -0.05) is 0 Å². The monoisotopic (exact) mass is 144 g/mol. The first-order valence-electron chi connectivity index (χ1n) is 3.50. The molecule has 0 radical (unpaired) electrons. The lowest BCUT2D eigenvalue weighted by molar-refractivity contribution is 0.209. The largest absolute Gasteiger partial charge is 0.389 e. The van der Waals surface area contributed by atoms with Crippen molar-refractivity contribution in [3.63, 3.8) is 0 Å². The van der Waals surface area contributed by atoms with Gasteiger partial charge in [0.2, 0.25) is 0 Å². The molecule has 2 N–H and O–H groups in total. The highest BCUT2D eigenvalue weighted by Gasteiger charge is 2.06. The van der Waals surface area contributed by atoms with Gasteiger partial charge in [0.05, 0.1) is 12.2 Å². The van der Waals surface area contributed by atoms with Crippen molar-refractivity contribution < 1.29 is 10.2 Å². The smallest absolute Gasteiger partial charge is 0.0722 e. The SMILES string of the molecule is CC(=C(C)C(C)O)C(C)O. The molecule has 0 spiro atoms. The Kier molecular flexibility index (Phi) is 3.61. The Morgan fingerprint density at radius 3 is 1.20 bits per heavy atom. The Hall–Kier alpha value is -0.340. The van der Waals surface area contributed by atoms with E-state index in [0.717, 1.165) is 11.1 Å². The summed E-state index contributed by atoms with van der Waals surface area (Å²) >= 11 is 0. The predicted octanol–water partition coefficient (Wildman–Crippen LogP) is 1.08. The van der Waals surface area contributed by atoms with Crippen LogP contribution in [-0.4, -0.2) is 22.4 Å². The zero-order chi connectivity index (χ0) is 8.31. The van der Waals surface area contributed by atoms with Crippen LogP contribution < -0.4 is 0 Å². The van der Waals surface area contributed by atoms with Gasteiger partial charge in [0.25, 0.3) is 0 Å². The van der Waals surface area contributed by atoms with Crippen LogP contribution in [0.4, 0.5) is 0 Å². The number of aliphatic hydroxyl groups excluding tert-OH is 2. The molecule has 0 aromatic heterocycles. The molecule has 2 atom stereocenters. The summed E-state index contributed by atoms with van der Waals surface area (Å²) < 4.78 is 0. The molecule has 60 valence electrons. The molecule has 0 bridgehead atoms. The highest BCUT2D eigenvalue weighted by molar-refractivity contribution is 5.15. The maximum absolute atomic E-state index is 9.07. The second-order valence-electron chi connectivity index (χ2n) is 2.72.